The lowest BCUT2D eigenvalue weighted by Gasteiger charge is -2.14. The molecule has 0 unspecified atom stereocenters. The number of anilines is 15. The first-order valence-corrected chi connectivity index (χ1v) is 43.9. The number of rotatable bonds is 24. The van der Waals surface area contributed by atoms with Crippen molar-refractivity contribution in [2.45, 2.75) is 13.8 Å². The number of methoxy groups -OCH3 is 8. The number of ether oxygens (including phenoxy) is 8. The molecule has 16 N–H and O–H groups in total. The number of nitrogen functional groups attached to an aromatic ring is 5. The number of para-hydroxylation sites is 5. The number of aryl methyl sites for hydroxylation is 2. The third-order valence-corrected chi connectivity index (χ3v) is 24.6. The molecule has 0 saturated carbocycles. The quantitative estimate of drug-likeness (QED) is 0.0268. The van der Waals surface area contributed by atoms with Crippen molar-refractivity contribution in [1.29, 1.82) is 0 Å². The van der Waals surface area contributed by atoms with Crippen LogP contribution in [0.2, 0.25) is 5.02 Å². The Bertz CT molecular complexity index is 7560. The molecule has 0 aliphatic rings. The molecule has 10 aromatic carbocycles. The molecule has 40 nitrogen and oxygen atoms in total. The highest BCUT2D eigenvalue weighted by atomic mass is 35.5. The van der Waals surface area contributed by atoms with Crippen molar-refractivity contribution in [3.63, 3.8) is 0 Å². The summed E-state index contributed by atoms with van der Waals surface area (Å²) in [7, 11) is 12.2. The number of halogens is 3. The average Bonchev–Trinajstić information content (AvgIpc) is 1.24. The van der Waals surface area contributed by atoms with Crippen LogP contribution in [0.5, 0.6) is 46.0 Å². The Kier molecular flexibility index (Phi) is 26.9. The number of benzene rings is 10. The smallest absolute Gasteiger partial charge is 0.337 e. The Morgan fingerprint density at radius 1 is 0.343 bits per heavy atom. The number of fused-ring (bicyclic) bond motifs is 5. The maximum Gasteiger partial charge on any atom is 0.337 e. The summed E-state index contributed by atoms with van der Waals surface area (Å²) in [6.45, 7) is 4.05. The van der Waals surface area contributed by atoms with E-state index in [1.807, 2.05) is 123 Å². The molecule has 0 amide bonds. The molecule has 0 aliphatic carbocycles. The predicted molar refractivity (Wildman–Crippen MR) is 517 cm³/mol. The van der Waals surface area contributed by atoms with Gasteiger partial charge in [-0.2, -0.15) is 48.3 Å². The molecule has 10 heterocycles. The second-order valence-electron chi connectivity index (χ2n) is 27.9. The van der Waals surface area contributed by atoms with E-state index in [1.165, 1.54) is 126 Å². The van der Waals surface area contributed by atoms with E-state index in [0.29, 0.717) is 106 Å². The third-order valence-electron chi connectivity index (χ3n) is 19.2. The van der Waals surface area contributed by atoms with Crippen LogP contribution in [0.25, 0.3) is 76.7 Å². The van der Waals surface area contributed by atoms with Crippen LogP contribution in [0.1, 0.15) is 21.5 Å². The number of hydrogen-bond donors (Lipinski definition) is 11. The van der Waals surface area contributed by atoms with E-state index in [2.05, 4.69) is 96.9 Å². The van der Waals surface area contributed by atoms with Crippen LogP contribution in [-0.4, -0.2) is 167 Å². The molecule has 682 valence electrons. The van der Waals surface area contributed by atoms with Crippen molar-refractivity contribution in [3.8, 4) is 71.7 Å². The van der Waals surface area contributed by atoms with Crippen LogP contribution < -0.4 is 93.1 Å². The van der Waals surface area contributed by atoms with Crippen molar-refractivity contribution in [2.75, 3.05) is 112 Å². The minimum atomic E-state index is -1.12. The van der Waals surface area contributed by atoms with Gasteiger partial charge in [0.1, 0.15) is 0 Å². The SMILES string of the molecule is COc1cc(Nc2nc(N)n(-c3nc4c(C)cccc4s3)n2)cc(OC)c1OC.COc1cc(Nc2nc(N)nn2-c2nc3c(C)cccc3s2)cc(OC)c1OC.COc1ccc(Nc2nc(N)n(-c3nc4ccccc4s3)n2)cc1F.COc1ccc(Nc2nc(N)nn2-c2nc3ccccc3s2)cc1F.Nc1nc(Nc2ccc(Cl)c(C(=O)O)c2)nn1-c1nc2ccccc2s1. The number of carboxylic acid groups (broad SMARTS) is 1. The zero-order valence-electron chi connectivity index (χ0n) is 72.0. The highest BCUT2D eigenvalue weighted by Crippen LogP contribution is 2.44. The van der Waals surface area contributed by atoms with Gasteiger partial charge in [-0.05, 0) is 116 Å². The van der Waals surface area contributed by atoms with Gasteiger partial charge in [-0.25, -0.2) is 38.5 Å². The fourth-order valence-corrected chi connectivity index (χ4v) is 18.0. The van der Waals surface area contributed by atoms with E-state index in [4.69, 9.17) is 88.3 Å². The summed E-state index contributed by atoms with van der Waals surface area (Å²) < 4.78 is 82.4. The fraction of sp³-hybridized carbons (Fsp3) is 0.116. The number of aromatic nitrogens is 20. The van der Waals surface area contributed by atoms with Crippen LogP contribution in [0, 0.1) is 25.5 Å². The van der Waals surface area contributed by atoms with Crippen LogP contribution in [-0.2, 0) is 0 Å². The second-order valence-corrected chi connectivity index (χ2v) is 33.4. The molecular weight excluding hydrogens is 1850 g/mol. The number of hydrogen-bond acceptors (Lipinski definition) is 39. The molecule has 0 atom stereocenters. The predicted octanol–water partition coefficient (Wildman–Crippen LogP) is 17.3. The first-order valence-electron chi connectivity index (χ1n) is 39.4. The Hall–Kier alpha value is -16.6. The Labute approximate surface area is 782 Å². The molecule has 0 spiro atoms. The van der Waals surface area contributed by atoms with Crippen molar-refractivity contribution in [1.82, 2.24) is 98.7 Å². The van der Waals surface area contributed by atoms with Gasteiger partial charge < -0.3 is 98.3 Å². The van der Waals surface area contributed by atoms with Crippen molar-refractivity contribution in [2.24, 2.45) is 0 Å². The molecule has 20 aromatic rings. The first-order chi connectivity index (χ1) is 64.8. The molecule has 134 heavy (non-hydrogen) atoms. The standard InChI is InChI=1S/2C19H20N6O3S.C16H11ClN6O2S.2C16H13FN6OS/c1-10-6-5-7-14-15(10)22-19(29-14)25-17(20)23-18(24-25)21-11-8-12(26-2)16(28-4)13(9-11)27-3;1-10-6-5-7-14-15(10)22-19(29-14)25-18(23-17(20)24-25)21-11-8-12(26-2)16(28-4)13(9-11)27-3;17-10-6-5-8(7-9(10)13(24)25)19-15-21-14(18)23(22-15)16-20-11-3-1-2-4-12(11)26-16;1-24-12-7-6-9(8-10(12)17)19-15-21-14(18)23(22-15)16-20-11-4-2-3-5-13(11)25-16;1-24-12-7-6-9(8-10(12)17)19-15-21-14(18)22-23(15)16-20-11-4-2-3-5-13(11)25-16/h2*5-9H,1-4H3,(H3,20,21,23,24);1-7H,(H,24,25)(H3,18,19,21,22);2*2-8H,1H3,(H3,18,19,21,22). The van der Waals surface area contributed by atoms with Crippen LogP contribution >= 0.6 is 68.3 Å². The largest absolute Gasteiger partial charge is 0.494 e. The molecule has 0 bridgehead atoms. The highest BCUT2D eigenvalue weighted by molar-refractivity contribution is 7.22. The van der Waals surface area contributed by atoms with E-state index >= 15 is 0 Å². The molecule has 20 rings (SSSR count). The summed E-state index contributed by atoms with van der Waals surface area (Å²) in [6.07, 6.45) is 0. The minimum Gasteiger partial charge on any atom is -0.494 e. The van der Waals surface area contributed by atoms with E-state index < -0.39 is 17.6 Å². The number of nitrogens with one attached hydrogen (secondary N) is 5. The Morgan fingerprint density at radius 3 is 1.03 bits per heavy atom. The van der Waals surface area contributed by atoms with Crippen molar-refractivity contribution in [3.05, 3.63) is 221 Å². The number of nitrogens with two attached hydrogens (primary N) is 5. The van der Waals surface area contributed by atoms with E-state index in [-0.39, 0.29) is 63.7 Å². The zero-order chi connectivity index (χ0) is 94.1. The number of aromatic carboxylic acids is 1. The third kappa shape index (κ3) is 19.9. The average molecular weight is 1920 g/mol. The van der Waals surface area contributed by atoms with Gasteiger partial charge in [0.05, 0.1) is 119 Å². The van der Waals surface area contributed by atoms with Gasteiger partial charge in [0.2, 0.25) is 96.6 Å². The molecule has 0 saturated heterocycles. The van der Waals surface area contributed by atoms with Gasteiger partial charge in [0, 0.05) is 64.8 Å². The fourth-order valence-electron chi connectivity index (χ4n) is 13.0. The number of nitrogens with zero attached hydrogens (tertiary/aromatic N) is 20. The topological polar surface area (TPSA) is 519 Å². The van der Waals surface area contributed by atoms with Gasteiger partial charge >= 0.3 is 5.97 Å². The van der Waals surface area contributed by atoms with Gasteiger partial charge in [-0.15, -0.1) is 25.5 Å². The summed E-state index contributed by atoms with van der Waals surface area (Å²) in [4.78, 5) is 55.1. The lowest BCUT2D eigenvalue weighted by atomic mass is 10.2. The van der Waals surface area contributed by atoms with Crippen LogP contribution in [0.15, 0.2) is 188 Å². The molecular formula is C86H77ClF2N30O10S5. The zero-order valence-corrected chi connectivity index (χ0v) is 76.9. The lowest BCUT2D eigenvalue weighted by Crippen LogP contribution is -2.04. The number of thiazole rings is 5. The summed E-state index contributed by atoms with van der Waals surface area (Å²) in [5.74, 6) is 3.72. The summed E-state index contributed by atoms with van der Waals surface area (Å²) in [5, 5.41) is 49.2. The van der Waals surface area contributed by atoms with Gasteiger partial charge in [0.15, 0.2) is 46.1 Å². The molecule has 10 aromatic heterocycles. The van der Waals surface area contributed by atoms with Crippen LogP contribution in [0.3, 0.4) is 0 Å². The van der Waals surface area contributed by atoms with Crippen LogP contribution in [0.4, 0.5) is 96.7 Å². The second kappa shape index (κ2) is 39.8. The monoisotopic (exact) mass is 1920 g/mol. The van der Waals surface area contributed by atoms with E-state index in [1.54, 1.807) is 89.8 Å². The van der Waals surface area contributed by atoms with E-state index in [9.17, 15) is 13.6 Å². The number of carboxylic acids is 1. The molecule has 0 fully saturated rings. The normalized spacial score (nSPS) is 10.9. The first kappa shape index (κ1) is 90.7. The minimum absolute atomic E-state index is 0.0183. The Balaban J connectivity index is 0.000000122. The maximum absolute atomic E-state index is 13.9. The van der Waals surface area contributed by atoms with Crippen molar-refractivity contribution < 1.29 is 56.6 Å². The highest BCUT2D eigenvalue weighted by Gasteiger charge is 2.25. The summed E-state index contributed by atoms with van der Waals surface area (Å²) in [6, 6.07) is 55.9. The molecule has 0 aliphatic heterocycles. The molecule has 0 radical (unpaired) electrons. The van der Waals surface area contributed by atoms with Gasteiger partial charge in [0.25, 0.3) is 0 Å². The van der Waals surface area contributed by atoms with Gasteiger partial charge in [-0.3, -0.25) is 0 Å². The lowest BCUT2D eigenvalue weighted by molar-refractivity contribution is 0.0697. The summed E-state index contributed by atoms with van der Waals surface area (Å²) in [5.41, 5.74) is 39.0. The van der Waals surface area contributed by atoms with Crippen molar-refractivity contribution >= 4 is 213 Å². The Morgan fingerprint density at radius 2 is 0.664 bits per heavy atom. The summed E-state index contributed by atoms with van der Waals surface area (Å²) >= 11 is 13.2. The van der Waals surface area contributed by atoms with E-state index in [0.717, 1.165) is 62.2 Å². The maximum atomic E-state index is 13.9. The molecule has 48 heteroatoms. The number of carbonyl (C=O) groups is 1. The van der Waals surface area contributed by atoms with Gasteiger partial charge in [-0.1, -0.05) is 129 Å².